The molecule has 0 unspecified atom stereocenters. The second-order valence-electron chi connectivity index (χ2n) is 4.94. The second-order valence-corrected chi connectivity index (χ2v) is 4.94. The number of nitrogens with zero attached hydrogens (tertiary/aromatic N) is 3. The van der Waals surface area contributed by atoms with Crippen LogP contribution < -0.4 is 4.90 Å². The van der Waals surface area contributed by atoms with Crippen LogP contribution in [0.5, 0.6) is 0 Å². The van der Waals surface area contributed by atoms with E-state index < -0.39 is 0 Å². The zero-order valence-electron chi connectivity index (χ0n) is 10.2. The van der Waals surface area contributed by atoms with E-state index in [1.807, 2.05) is 24.3 Å². The standard InChI is InChI=1S/C15H14N3/c16-9-14(10-17)13-7-11-3-1-5-18-6-2-4-12(8-13)15(11)18/h7-8H,1-6H2. The molecular weight excluding hydrogens is 222 g/mol. The Balaban J connectivity index is 2.12. The maximum Gasteiger partial charge on any atom is 0.204 e. The fourth-order valence-corrected chi connectivity index (χ4v) is 3.10. The molecule has 2 aliphatic heterocycles. The van der Waals surface area contributed by atoms with Crippen molar-refractivity contribution in [1.29, 1.82) is 10.5 Å². The highest BCUT2D eigenvalue weighted by molar-refractivity contribution is 5.66. The largest absolute Gasteiger partial charge is 0.371 e. The van der Waals surface area contributed by atoms with Crippen molar-refractivity contribution in [3.8, 4) is 12.1 Å². The molecule has 3 rings (SSSR count). The molecule has 1 aromatic rings. The van der Waals surface area contributed by atoms with Crippen LogP contribution in [0.25, 0.3) is 0 Å². The lowest BCUT2D eigenvalue weighted by molar-refractivity contribution is 0.633. The summed E-state index contributed by atoms with van der Waals surface area (Å²) >= 11 is 0. The molecule has 89 valence electrons. The summed E-state index contributed by atoms with van der Waals surface area (Å²) in [6.07, 6.45) is 4.47. The van der Waals surface area contributed by atoms with Crippen LogP contribution in [0.1, 0.15) is 29.5 Å². The predicted molar refractivity (Wildman–Crippen MR) is 68.9 cm³/mol. The van der Waals surface area contributed by atoms with Crippen LogP contribution in [0.2, 0.25) is 0 Å². The molecule has 0 spiro atoms. The molecule has 1 radical (unpaired) electrons. The average molecular weight is 236 g/mol. The second kappa shape index (κ2) is 4.35. The zero-order valence-corrected chi connectivity index (χ0v) is 10.2. The summed E-state index contributed by atoms with van der Waals surface area (Å²) in [5.74, 6) is 0.233. The lowest BCUT2D eigenvalue weighted by atomic mass is 9.87. The van der Waals surface area contributed by atoms with Crippen LogP contribution in [0.4, 0.5) is 5.69 Å². The van der Waals surface area contributed by atoms with Crippen LogP contribution in [0.15, 0.2) is 12.1 Å². The predicted octanol–water partition coefficient (Wildman–Crippen LogP) is 2.36. The lowest BCUT2D eigenvalue weighted by Crippen LogP contribution is -2.34. The number of benzene rings is 1. The summed E-state index contributed by atoms with van der Waals surface area (Å²) in [6, 6.07) is 8.07. The Labute approximate surface area is 107 Å². The van der Waals surface area contributed by atoms with Crippen molar-refractivity contribution < 1.29 is 0 Å². The third-order valence-corrected chi connectivity index (χ3v) is 3.84. The molecule has 2 heterocycles. The first-order valence-corrected chi connectivity index (χ1v) is 6.42. The lowest BCUT2D eigenvalue weighted by Gasteiger charge is -2.37. The van der Waals surface area contributed by atoms with Gasteiger partial charge in [-0.15, -0.1) is 0 Å². The Morgan fingerprint density at radius 1 is 1.00 bits per heavy atom. The maximum absolute atomic E-state index is 8.99. The Morgan fingerprint density at radius 2 is 1.56 bits per heavy atom. The summed E-state index contributed by atoms with van der Waals surface area (Å²) in [4.78, 5) is 2.46. The Kier molecular flexibility index (Phi) is 2.68. The van der Waals surface area contributed by atoms with E-state index in [9.17, 15) is 0 Å². The summed E-state index contributed by atoms with van der Waals surface area (Å²) in [7, 11) is 0. The molecule has 0 N–H and O–H groups in total. The molecule has 0 bridgehead atoms. The molecule has 0 aromatic heterocycles. The molecule has 0 aliphatic carbocycles. The molecular formula is C15H14N3. The van der Waals surface area contributed by atoms with Crippen molar-refractivity contribution in [3.05, 3.63) is 34.7 Å². The van der Waals surface area contributed by atoms with Gasteiger partial charge >= 0.3 is 0 Å². The van der Waals surface area contributed by atoms with Crippen molar-refractivity contribution in [2.75, 3.05) is 18.0 Å². The minimum absolute atomic E-state index is 0.233. The van der Waals surface area contributed by atoms with E-state index in [-0.39, 0.29) is 5.92 Å². The van der Waals surface area contributed by atoms with Gasteiger partial charge in [-0.1, -0.05) is 12.1 Å². The number of nitriles is 2. The highest BCUT2D eigenvalue weighted by Gasteiger charge is 2.25. The fourth-order valence-electron chi connectivity index (χ4n) is 3.10. The molecule has 0 saturated carbocycles. The monoisotopic (exact) mass is 236 g/mol. The van der Waals surface area contributed by atoms with Crippen LogP contribution in [0.3, 0.4) is 0 Å². The van der Waals surface area contributed by atoms with Gasteiger partial charge < -0.3 is 4.90 Å². The van der Waals surface area contributed by atoms with Gasteiger partial charge in [-0.3, -0.25) is 0 Å². The van der Waals surface area contributed by atoms with Gasteiger partial charge in [0.15, 0.2) is 0 Å². The van der Waals surface area contributed by atoms with Gasteiger partial charge in [0.25, 0.3) is 0 Å². The van der Waals surface area contributed by atoms with E-state index in [1.54, 1.807) is 0 Å². The van der Waals surface area contributed by atoms with Gasteiger partial charge in [0, 0.05) is 18.8 Å². The molecule has 0 amide bonds. The molecule has 3 heteroatoms. The highest BCUT2D eigenvalue weighted by atomic mass is 15.1. The van der Waals surface area contributed by atoms with Gasteiger partial charge in [-0.25, -0.2) is 0 Å². The first-order chi connectivity index (χ1) is 8.83. The van der Waals surface area contributed by atoms with Crippen LogP contribution in [0, 0.1) is 28.6 Å². The van der Waals surface area contributed by atoms with Gasteiger partial charge in [0.05, 0.1) is 12.1 Å². The molecule has 2 aliphatic rings. The quantitative estimate of drug-likeness (QED) is 0.752. The third-order valence-electron chi connectivity index (χ3n) is 3.84. The normalized spacial score (nSPS) is 16.9. The molecule has 0 atom stereocenters. The van der Waals surface area contributed by atoms with Gasteiger partial charge in [0.1, 0.15) is 0 Å². The van der Waals surface area contributed by atoms with Crippen molar-refractivity contribution in [2.24, 2.45) is 0 Å². The average Bonchev–Trinajstić information content (AvgIpc) is 2.41. The highest BCUT2D eigenvalue weighted by Crippen LogP contribution is 2.37. The minimum atomic E-state index is 0.233. The van der Waals surface area contributed by atoms with Crippen molar-refractivity contribution >= 4 is 5.69 Å². The Hall–Kier alpha value is -2.00. The summed E-state index contributed by atoms with van der Waals surface area (Å²) in [6.45, 7) is 2.29. The van der Waals surface area contributed by atoms with E-state index in [2.05, 4.69) is 4.90 Å². The Morgan fingerprint density at radius 3 is 2.06 bits per heavy atom. The third kappa shape index (κ3) is 1.64. The molecule has 18 heavy (non-hydrogen) atoms. The van der Waals surface area contributed by atoms with Gasteiger partial charge in [-0.05, 0) is 42.4 Å². The van der Waals surface area contributed by atoms with Gasteiger partial charge in [0.2, 0.25) is 5.92 Å². The molecule has 0 fully saturated rings. The first-order valence-electron chi connectivity index (χ1n) is 6.42. The number of aryl methyl sites for hydroxylation is 2. The summed E-state index contributed by atoms with van der Waals surface area (Å²) < 4.78 is 0. The number of anilines is 1. The van der Waals surface area contributed by atoms with Crippen molar-refractivity contribution in [3.63, 3.8) is 0 Å². The maximum atomic E-state index is 8.99. The molecule has 0 saturated heterocycles. The Bertz CT molecular complexity index is 517. The minimum Gasteiger partial charge on any atom is -0.371 e. The molecule has 1 aromatic carbocycles. The van der Waals surface area contributed by atoms with Crippen LogP contribution in [-0.2, 0) is 12.8 Å². The van der Waals surface area contributed by atoms with Crippen LogP contribution >= 0.6 is 0 Å². The fraction of sp³-hybridized carbons (Fsp3) is 0.400. The summed E-state index contributed by atoms with van der Waals surface area (Å²) in [5.41, 5.74) is 4.82. The van der Waals surface area contributed by atoms with E-state index in [1.165, 1.54) is 29.7 Å². The van der Waals surface area contributed by atoms with Crippen molar-refractivity contribution in [2.45, 2.75) is 25.7 Å². The van der Waals surface area contributed by atoms with E-state index in [0.29, 0.717) is 0 Å². The molecule has 3 nitrogen and oxygen atoms in total. The number of hydrogen-bond acceptors (Lipinski definition) is 3. The summed E-state index contributed by atoms with van der Waals surface area (Å²) in [5, 5.41) is 18.0. The van der Waals surface area contributed by atoms with E-state index in [4.69, 9.17) is 10.5 Å². The SMILES string of the molecule is N#C[C](C#N)c1cc2c3c(c1)CCCN3CCC2. The van der Waals surface area contributed by atoms with Crippen LogP contribution in [-0.4, -0.2) is 13.1 Å². The number of rotatable bonds is 1. The first kappa shape index (κ1) is 11.1. The van der Waals surface area contributed by atoms with E-state index in [0.717, 1.165) is 31.5 Å². The van der Waals surface area contributed by atoms with E-state index >= 15 is 0 Å². The number of hydrogen-bond donors (Lipinski definition) is 0. The zero-order chi connectivity index (χ0) is 12.5. The topological polar surface area (TPSA) is 50.8 Å². The van der Waals surface area contributed by atoms with Crippen molar-refractivity contribution in [1.82, 2.24) is 0 Å². The van der Waals surface area contributed by atoms with Gasteiger partial charge in [-0.2, -0.15) is 10.5 Å². The smallest absolute Gasteiger partial charge is 0.204 e.